The second-order valence-corrected chi connectivity index (χ2v) is 5.47. The van der Waals surface area contributed by atoms with Crippen molar-refractivity contribution >= 4 is 34.4 Å². The molecule has 2 amide bonds. The Kier molecular flexibility index (Phi) is 4.69. The predicted octanol–water partition coefficient (Wildman–Crippen LogP) is 0.989. The third-order valence-corrected chi connectivity index (χ3v) is 3.77. The van der Waals surface area contributed by atoms with E-state index in [2.05, 4.69) is 10.3 Å². The molecule has 112 valence electrons. The lowest BCUT2D eigenvalue weighted by molar-refractivity contribution is -0.121. The number of amides is 2. The number of aliphatic imine (C=N–C) groups is 1. The van der Waals surface area contributed by atoms with Gasteiger partial charge in [0, 0.05) is 23.9 Å². The molecule has 1 aliphatic rings. The van der Waals surface area contributed by atoms with Gasteiger partial charge in [0.05, 0.1) is 20.6 Å². The molecule has 0 aromatic heterocycles. The van der Waals surface area contributed by atoms with E-state index in [4.69, 9.17) is 15.2 Å². The fourth-order valence-electron chi connectivity index (χ4n) is 1.79. The van der Waals surface area contributed by atoms with Crippen LogP contribution in [0.1, 0.15) is 6.42 Å². The van der Waals surface area contributed by atoms with Crippen LogP contribution in [0.25, 0.3) is 0 Å². The number of anilines is 1. The van der Waals surface area contributed by atoms with Gasteiger partial charge in [0.2, 0.25) is 11.8 Å². The van der Waals surface area contributed by atoms with Crippen LogP contribution in [0.3, 0.4) is 0 Å². The highest BCUT2D eigenvalue weighted by Crippen LogP contribution is 2.27. The standard InChI is InChI=1S/C13H15N3O4S/c1-19-8-3-7(4-9(5-8)20-2)15-12(18)10-6-11(17)16-13(14)21-10/h3-5,10H,6H2,1-2H3,(H,15,18)(H2,14,16,17)/t10-/m1/s1. The van der Waals surface area contributed by atoms with Gasteiger partial charge in [-0.2, -0.15) is 4.99 Å². The maximum atomic E-state index is 12.2. The zero-order chi connectivity index (χ0) is 15.4. The number of methoxy groups -OCH3 is 2. The predicted molar refractivity (Wildman–Crippen MR) is 80.8 cm³/mol. The number of thioether (sulfide) groups is 1. The third-order valence-electron chi connectivity index (χ3n) is 2.77. The summed E-state index contributed by atoms with van der Waals surface area (Å²) in [6.45, 7) is 0. The molecule has 0 bridgehead atoms. The van der Waals surface area contributed by atoms with Gasteiger partial charge >= 0.3 is 0 Å². The number of hydrogen-bond acceptors (Lipinski definition) is 6. The average molecular weight is 309 g/mol. The zero-order valence-electron chi connectivity index (χ0n) is 11.6. The molecule has 1 atom stereocenters. The summed E-state index contributed by atoms with van der Waals surface area (Å²) in [6.07, 6.45) is 0.0261. The number of ether oxygens (including phenoxy) is 2. The number of hydrogen-bond donors (Lipinski definition) is 2. The Balaban J connectivity index is 2.12. The van der Waals surface area contributed by atoms with Crippen LogP contribution in [0.5, 0.6) is 11.5 Å². The maximum absolute atomic E-state index is 12.2. The van der Waals surface area contributed by atoms with Gasteiger partial charge in [-0.25, -0.2) is 0 Å². The van der Waals surface area contributed by atoms with E-state index in [1.54, 1.807) is 18.2 Å². The zero-order valence-corrected chi connectivity index (χ0v) is 12.4. The van der Waals surface area contributed by atoms with Gasteiger partial charge in [-0.1, -0.05) is 11.8 Å². The van der Waals surface area contributed by atoms with Crippen molar-refractivity contribution in [3.05, 3.63) is 18.2 Å². The van der Waals surface area contributed by atoms with Crippen molar-refractivity contribution in [1.82, 2.24) is 0 Å². The number of carbonyl (C=O) groups excluding carboxylic acids is 2. The summed E-state index contributed by atoms with van der Waals surface area (Å²) in [6, 6.07) is 5.01. The molecule has 0 radical (unpaired) electrons. The molecule has 2 rings (SSSR count). The van der Waals surface area contributed by atoms with Crippen LogP contribution in [-0.4, -0.2) is 36.5 Å². The van der Waals surface area contributed by atoms with E-state index < -0.39 is 11.2 Å². The molecule has 0 unspecified atom stereocenters. The summed E-state index contributed by atoms with van der Waals surface area (Å²) in [7, 11) is 3.04. The first kappa shape index (κ1) is 15.2. The van der Waals surface area contributed by atoms with Crippen molar-refractivity contribution in [3.63, 3.8) is 0 Å². The van der Waals surface area contributed by atoms with Crippen molar-refractivity contribution in [2.45, 2.75) is 11.7 Å². The molecule has 3 N–H and O–H groups in total. The quantitative estimate of drug-likeness (QED) is 0.859. The Labute approximate surface area is 125 Å². The van der Waals surface area contributed by atoms with E-state index in [1.807, 2.05) is 0 Å². The Bertz CT molecular complexity index is 581. The molecule has 0 saturated carbocycles. The van der Waals surface area contributed by atoms with E-state index in [0.29, 0.717) is 17.2 Å². The topological polar surface area (TPSA) is 103 Å². The van der Waals surface area contributed by atoms with Crippen LogP contribution >= 0.6 is 11.8 Å². The fraction of sp³-hybridized carbons (Fsp3) is 0.308. The van der Waals surface area contributed by atoms with Gasteiger partial charge in [-0.05, 0) is 0 Å². The van der Waals surface area contributed by atoms with Gasteiger partial charge in [-0.15, -0.1) is 0 Å². The van der Waals surface area contributed by atoms with Crippen LogP contribution in [0.15, 0.2) is 23.2 Å². The van der Waals surface area contributed by atoms with Gasteiger partial charge in [-0.3, -0.25) is 9.59 Å². The minimum atomic E-state index is -0.591. The molecule has 0 fully saturated rings. The molecule has 1 aromatic rings. The molecular formula is C13H15N3O4S. The van der Waals surface area contributed by atoms with E-state index in [-0.39, 0.29) is 17.5 Å². The summed E-state index contributed by atoms with van der Waals surface area (Å²) >= 11 is 1.07. The number of benzene rings is 1. The number of nitrogens with two attached hydrogens (primary N) is 1. The van der Waals surface area contributed by atoms with Crippen LogP contribution in [0, 0.1) is 0 Å². The highest BCUT2D eigenvalue weighted by molar-refractivity contribution is 8.15. The second-order valence-electron chi connectivity index (χ2n) is 4.24. The summed E-state index contributed by atoms with van der Waals surface area (Å²) in [5.74, 6) is 0.396. The molecule has 7 nitrogen and oxygen atoms in total. The third kappa shape index (κ3) is 3.88. The fourth-order valence-corrected chi connectivity index (χ4v) is 2.63. The van der Waals surface area contributed by atoms with E-state index in [0.717, 1.165) is 11.8 Å². The normalized spacial score (nSPS) is 17.9. The highest BCUT2D eigenvalue weighted by Gasteiger charge is 2.28. The van der Waals surface area contributed by atoms with Crippen LogP contribution < -0.4 is 20.5 Å². The Morgan fingerprint density at radius 1 is 1.33 bits per heavy atom. The lowest BCUT2D eigenvalue weighted by Crippen LogP contribution is -2.33. The van der Waals surface area contributed by atoms with Crippen LogP contribution in [-0.2, 0) is 9.59 Å². The first-order valence-electron chi connectivity index (χ1n) is 6.09. The Hall–Kier alpha value is -2.22. The van der Waals surface area contributed by atoms with Gasteiger partial charge in [0.1, 0.15) is 16.7 Å². The van der Waals surface area contributed by atoms with Gasteiger partial charge in [0.15, 0.2) is 5.17 Å². The molecule has 21 heavy (non-hydrogen) atoms. The van der Waals surface area contributed by atoms with E-state index in [9.17, 15) is 9.59 Å². The number of carbonyl (C=O) groups is 2. The lowest BCUT2D eigenvalue weighted by Gasteiger charge is -2.18. The number of rotatable bonds is 4. The maximum Gasteiger partial charge on any atom is 0.249 e. The first-order valence-corrected chi connectivity index (χ1v) is 6.97. The molecule has 0 saturated heterocycles. The Morgan fingerprint density at radius 3 is 2.48 bits per heavy atom. The monoisotopic (exact) mass is 309 g/mol. The minimum Gasteiger partial charge on any atom is -0.497 e. The molecule has 1 aliphatic heterocycles. The number of nitrogens with zero attached hydrogens (tertiary/aromatic N) is 1. The SMILES string of the molecule is COc1cc(NC(=O)[C@H]2CC(=O)N=C(N)S2)cc(OC)c1. The molecular weight excluding hydrogens is 294 g/mol. The van der Waals surface area contributed by atoms with Crippen molar-refractivity contribution in [3.8, 4) is 11.5 Å². The van der Waals surface area contributed by atoms with Gasteiger partial charge in [0.25, 0.3) is 0 Å². The summed E-state index contributed by atoms with van der Waals surface area (Å²) in [5.41, 5.74) is 6.03. The van der Waals surface area contributed by atoms with Crippen LogP contribution in [0.4, 0.5) is 5.69 Å². The second kappa shape index (κ2) is 6.49. The first-order chi connectivity index (χ1) is 10.0. The van der Waals surface area contributed by atoms with Crippen molar-refractivity contribution < 1.29 is 19.1 Å². The van der Waals surface area contributed by atoms with E-state index >= 15 is 0 Å². The summed E-state index contributed by atoms with van der Waals surface area (Å²) < 4.78 is 10.3. The highest BCUT2D eigenvalue weighted by atomic mass is 32.2. The number of amidine groups is 1. The molecule has 0 aliphatic carbocycles. The largest absolute Gasteiger partial charge is 0.497 e. The van der Waals surface area contributed by atoms with Gasteiger partial charge < -0.3 is 20.5 Å². The summed E-state index contributed by atoms with van der Waals surface area (Å²) in [4.78, 5) is 27.1. The molecule has 0 spiro atoms. The molecule has 1 aromatic carbocycles. The van der Waals surface area contributed by atoms with Crippen molar-refractivity contribution in [2.75, 3.05) is 19.5 Å². The lowest BCUT2D eigenvalue weighted by atomic mass is 10.2. The molecule has 1 heterocycles. The number of nitrogens with one attached hydrogen (secondary N) is 1. The smallest absolute Gasteiger partial charge is 0.249 e. The molecule has 8 heteroatoms. The van der Waals surface area contributed by atoms with Crippen molar-refractivity contribution in [2.24, 2.45) is 10.7 Å². The Morgan fingerprint density at radius 2 is 1.95 bits per heavy atom. The van der Waals surface area contributed by atoms with E-state index in [1.165, 1.54) is 14.2 Å². The van der Waals surface area contributed by atoms with Crippen molar-refractivity contribution in [1.29, 1.82) is 0 Å². The minimum absolute atomic E-state index is 0.0261. The summed E-state index contributed by atoms with van der Waals surface area (Å²) in [5, 5.41) is 2.24. The average Bonchev–Trinajstić information content (AvgIpc) is 2.45. The van der Waals surface area contributed by atoms with Crippen LogP contribution in [0.2, 0.25) is 0 Å².